The van der Waals surface area contributed by atoms with Crippen LogP contribution in [0.5, 0.6) is 0 Å². The lowest BCUT2D eigenvalue weighted by molar-refractivity contribution is -0.118. The number of fused-ring (bicyclic) bond motifs is 1. The minimum atomic E-state index is -0.372. The molecule has 0 bridgehead atoms. The van der Waals surface area contributed by atoms with Crippen molar-refractivity contribution in [3.8, 4) is 0 Å². The Labute approximate surface area is 181 Å². The minimum Gasteiger partial charge on any atom is -0.354 e. The third kappa shape index (κ3) is 4.97. The van der Waals surface area contributed by atoms with E-state index in [1.807, 2.05) is 12.1 Å². The van der Waals surface area contributed by atoms with Crippen molar-refractivity contribution in [1.29, 1.82) is 0 Å². The minimum absolute atomic E-state index is 0.0881. The van der Waals surface area contributed by atoms with Crippen LogP contribution in [0.15, 0.2) is 71.0 Å². The van der Waals surface area contributed by atoms with Crippen molar-refractivity contribution < 1.29 is 9.18 Å². The van der Waals surface area contributed by atoms with Crippen molar-refractivity contribution in [1.82, 2.24) is 29.6 Å². The average molecular weight is 438 g/mol. The molecule has 0 spiro atoms. The van der Waals surface area contributed by atoms with E-state index in [0.717, 1.165) is 4.90 Å². The summed E-state index contributed by atoms with van der Waals surface area (Å²) in [6.45, 7) is 0.816. The standard InChI is InChI=1S/C21H19FN6O2S/c22-18-4-2-1-3-15(18)12-27-14-25-20-17(21(27)30)11-26-28(20)10-9-24-19(29)13-31-16-5-7-23-8-6-16/h1-8,11,14H,9-10,12-13H2,(H,24,29). The monoisotopic (exact) mass is 438 g/mol. The summed E-state index contributed by atoms with van der Waals surface area (Å²) in [5.74, 6) is -0.176. The summed E-state index contributed by atoms with van der Waals surface area (Å²) in [6.07, 6.45) is 6.20. The Balaban J connectivity index is 1.37. The van der Waals surface area contributed by atoms with Crippen LogP contribution in [0.4, 0.5) is 4.39 Å². The zero-order valence-corrected chi connectivity index (χ0v) is 17.3. The number of carbonyl (C=O) groups excluding carboxylic acids is 1. The highest BCUT2D eigenvalue weighted by atomic mass is 32.2. The molecule has 0 saturated heterocycles. The van der Waals surface area contributed by atoms with Crippen molar-refractivity contribution >= 4 is 28.7 Å². The maximum Gasteiger partial charge on any atom is 0.264 e. The van der Waals surface area contributed by atoms with Gasteiger partial charge in [-0.3, -0.25) is 19.1 Å². The lowest BCUT2D eigenvalue weighted by Gasteiger charge is -2.08. The first-order chi connectivity index (χ1) is 15.1. The van der Waals surface area contributed by atoms with Gasteiger partial charge in [0.15, 0.2) is 5.65 Å². The van der Waals surface area contributed by atoms with Crippen LogP contribution in [-0.4, -0.2) is 42.5 Å². The summed E-state index contributed by atoms with van der Waals surface area (Å²) < 4.78 is 16.8. The average Bonchev–Trinajstić information content (AvgIpc) is 3.20. The van der Waals surface area contributed by atoms with Crippen LogP contribution in [-0.2, 0) is 17.9 Å². The van der Waals surface area contributed by atoms with Crippen molar-refractivity contribution in [2.45, 2.75) is 18.0 Å². The maximum absolute atomic E-state index is 13.9. The molecule has 4 rings (SSSR count). The second-order valence-corrected chi connectivity index (χ2v) is 7.74. The fourth-order valence-corrected chi connectivity index (χ4v) is 3.73. The number of nitrogens with one attached hydrogen (secondary N) is 1. The molecule has 4 aromatic rings. The predicted molar refractivity (Wildman–Crippen MR) is 115 cm³/mol. The number of benzene rings is 1. The Morgan fingerprint density at radius 1 is 1.16 bits per heavy atom. The SMILES string of the molecule is O=C(CSc1ccncc1)NCCn1ncc2c(=O)n(Cc3ccccc3F)cnc21. The fraction of sp³-hybridized carbons (Fsp3) is 0.190. The summed E-state index contributed by atoms with van der Waals surface area (Å²) in [6, 6.07) is 10.00. The molecule has 158 valence electrons. The molecule has 0 unspecified atom stereocenters. The molecule has 0 aliphatic carbocycles. The number of carbonyl (C=O) groups is 1. The molecule has 3 heterocycles. The summed E-state index contributed by atoms with van der Waals surface area (Å²) in [5, 5.41) is 7.39. The smallest absolute Gasteiger partial charge is 0.264 e. The normalized spacial score (nSPS) is 11.0. The Morgan fingerprint density at radius 3 is 2.77 bits per heavy atom. The van der Waals surface area contributed by atoms with Gasteiger partial charge >= 0.3 is 0 Å². The second-order valence-electron chi connectivity index (χ2n) is 6.70. The van der Waals surface area contributed by atoms with Crippen LogP contribution in [0.2, 0.25) is 0 Å². The van der Waals surface area contributed by atoms with Crippen LogP contribution < -0.4 is 10.9 Å². The zero-order valence-electron chi connectivity index (χ0n) is 16.4. The van der Waals surface area contributed by atoms with Gasteiger partial charge in [-0.25, -0.2) is 14.1 Å². The van der Waals surface area contributed by atoms with Crippen LogP contribution >= 0.6 is 11.8 Å². The van der Waals surface area contributed by atoms with Gasteiger partial charge in [-0.1, -0.05) is 18.2 Å². The number of halogens is 1. The largest absolute Gasteiger partial charge is 0.354 e. The van der Waals surface area contributed by atoms with Gasteiger partial charge in [0.2, 0.25) is 5.91 Å². The molecular weight excluding hydrogens is 419 g/mol. The first-order valence-corrected chi connectivity index (χ1v) is 10.5. The van der Waals surface area contributed by atoms with E-state index in [2.05, 4.69) is 20.4 Å². The van der Waals surface area contributed by atoms with Gasteiger partial charge in [0.25, 0.3) is 5.56 Å². The molecule has 0 atom stereocenters. The van der Waals surface area contributed by atoms with Crippen molar-refractivity contribution in [3.05, 3.63) is 83.1 Å². The Morgan fingerprint density at radius 2 is 1.97 bits per heavy atom. The lowest BCUT2D eigenvalue weighted by Crippen LogP contribution is -2.29. The Hall–Kier alpha value is -3.53. The first kappa shape index (κ1) is 20.7. The van der Waals surface area contributed by atoms with E-state index in [4.69, 9.17) is 0 Å². The highest BCUT2D eigenvalue weighted by Gasteiger charge is 2.12. The van der Waals surface area contributed by atoms with Crippen molar-refractivity contribution in [2.75, 3.05) is 12.3 Å². The predicted octanol–water partition coefficient (Wildman–Crippen LogP) is 2.08. The molecular formula is C21H19FN6O2S. The third-order valence-corrected chi connectivity index (χ3v) is 5.60. The summed E-state index contributed by atoms with van der Waals surface area (Å²) in [4.78, 5) is 34.0. The number of rotatable bonds is 8. The highest BCUT2D eigenvalue weighted by Crippen LogP contribution is 2.15. The number of thioether (sulfide) groups is 1. The van der Waals surface area contributed by atoms with Crippen LogP contribution in [0.25, 0.3) is 11.0 Å². The topological polar surface area (TPSA) is 94.7 Å². The van der Waals surface area contributed by atoms with Gasteiger partial charge in [0.05, 0.1) is 25.0 Å². The van der Waals surface area contributed by atoms with Gasteiger partial charge in [0, 0.05) is 29.4 Å². The lowest BCUT2D eigenvalue weighted by atomic mass is 10.2. The molecule has 1 N–H and O–H groups in total. The molecule has 0 aliphatic rings. The molecule has 0 aliphatic heterocycles. The van der Waals surface area contributed by atoms with Gasteiger partial charge < -0.3 is 5.32 Å². The Kier molecular flexibility index (Phi) is 6.37. The summed E-state index contributed by atoms with van der Waals surface area (Å²) in [7, 11) is 0. The quantitative estimate of drug-likeness (QED) is 0.424. The van der Waals surface area contributed by atoms with Crippen molar-refractivity contribution in [3.63, 3.8) is 0 Å². The first-order valence-electron chi connectivity index (χ1n) is 9.56. The molecule has 0 radical (unpaired) electrons. The number of pyridine rings is 1. The molecule has 0 saturated carbocycles. The van der Waals surface area contributed by atoms with Gasteiger partial charge in [-0.05, 0) is 18.2 Å². The number of aromatic nitrogens is 5. The van der Waals surface area contributed by atoms with Gasteiger partial charge in [0.1, 0.15) is 17.5 Å². The van der Waals surface area contributed by atoms with E-state index in [9.17, 15) is 14.0 Å². The molecule has 0 fully saturated rings. The number of nitrogens with zero attached hydrogens (tertiary/aromatic N) is 5. The fourth-order valence-electron chi connectivity index (χ4n) is 3.02. The number of hydrogen-bond donors (Lipinski definition) is 1. The highest BCUT2D eigenvalue weighted by molar-refractivity contribution is 8.00. The van der Waals surface area contributed by atoms with Crippen LogP contribution in [0.1, 0.15) is 5.56 Å². The van der Waals surface area contributed by atoms with E-state index in [1.54, 1.807) is 35.3 Å². The Bertz CT molecular complexity index is 1260. The number of amides is 1. The second kappa shape index (κ2) is 9.52. The summed E-state index contributed by atoms with van der Waals surface area (Å²) in [5.41, 5.74) is 0.540. The van der Waals surface area contributed by atoms with Crippen LogP contribution in [0.3, 0.4) is 0 Å². The molecule has 10 heteroatoms. The molecule has 3 aromatic heterocycles. The molecule has 1 aromatic carbocycles. The number of hydrogen-bond acceptors (Lipinski definition) is 6. The van der Waals surface area contributed by atoms with E-state index < -0.39 is 0 Å². The van der Waals surface area contributed by atoms with Gasteiger partial charge in [-0.15, -0.1) is 11.8 Å². The molecule has 1 amide bonds. The van der Waals surface area contributed by atoms with E-state index in [0.29, 0.717) is 35.4 Å². The summed E-state index contributed by atoms with van der Waals surface area (Å²) >= 11 is 1.43. The van der Waals surface area contributed by atoms with Crippen molar-refractivity contribution in [2.24, 2.45) is 0 Å². The van der Waals surface area contributed by atoms with E-state index >= 15 is 0 Å². The maximum atomic E-state index is 13.9. The van der Waals surface area contributed by atoms with Crippen LogP contribution in [0, 0.1) is 5.82 Å². The van der Waals surface area contributed by atoms with E-state index in [-0.39, 0.29) is 23.8 Å². The third-order valence-electron chi connectivity index (χ3n) is 4.59. The molecule has 31 heavy (non-hydrogen) atoms. The molecule has 8 nitrogen and oxygen atoms in total. The van der Waals surface area contributed by atoms with Gasteiger partial charge in [-0.2, -0.15) is 5.10 Å². The van der Waals surface area contributed by atoms with E-state index in [1.165, 1.54) is 34.9 Å². The zero-order chi connectivity index (χ0) is 21.6.